The van der Waals surface area contributed by atoms with Gasteiger partial charge in [-0.1, -0.05) is 6.07 Å². The number of carbonyl (C=O) groups excluding carboxylic acids is 4. The third-order valence-electron chi connectivity index (χ3n) is 4.72. The first kappa shape index (κ1) is 23.3. The molecule has 2 aliphatic rings. The molecule has 3 rings (SSSR count). The molecule has 0 radical (unpaired) electrons. The largest absolute Gasteiger partial charge is 0.483 e. The first-order valence-corrected chi connectivity index (χ1v) is 11.1. The zero-order valence-corrected chi connectivity index (χ0v) is 19.4. The fourth-order valence-electron chi connectivity index (χ4n) is 3.01. The minimum atomic E-state index is -1.00. The number of halogens is 1. The topological polar surface area (TPSA) is 102 Å². The highest BCUT2D eigenvalue weighted by Crippen LogP contribution is 2.35. The van der Waals surface area contributed by atoms with Gasteiger partial charge in [-0.05, 0) is 58.4 Å². The molecular weight excluding hydrogens is 492 g/mol. The van der Waals surface area contributed by atoms with Crippen molar-refractivity contribution >= 4 is 56.8 Å². The number of nitrogens with zero attached hydrogens (tertiary/aromatic N) is 2. The van der Waals surface area contributed by atoms with Crippen molar-refractivity contribution in [3.05, 3.63) is 33.1 Å². The summed E-state index contributed by atoms with van der Waals surface area (Å²) in [4.78, 5) is 51.5. The third-order valence-corrected chi connectivity index (χ3v) is 6.23. The summed E-state index contributed by atoms with van der Waals surface area (Å²) >= 11 is 4.16. The molecule has 2 heterocycles. The lowest BCUT2D eigenvalue weighted by atomic mass is 10.2. The van der Waals surface area contributed by atoms with E-state index in [0.29, 0.717) is 42.1 Å². The lowest BCUT2D eigenvalue weighted by molar-refractivity contribution is -0.148. The molecule has 0 saturated carbocycles. The monoisotopic (exact) mass is 512 g/mol. The molecule has 2 fully saturated rings. The Morgan fingerprint density at radius 1 is 1.29 bits per heavy atom. The fraction of sp³-hybridized carbons (Fsp3) is 0.400. The van der Waals surface area contributed by atoms with Gasteiger partial charge in [-0.3, -0.25) is 19.3 Å². The van der Waals surface area contributed by atoms with Crippen molar-refractivity contribution < 1.29 is 33.4 Å². The summed E-state index contributed by atoms with van der Waals surface area (Å²) in [6, 6.07) is 4.09. The molecule has 3 amide bonds. The molecule has 2 saturated heterocycles. The Hall–Kier alpha value is -2.37. The molecule has 9 nitrogen and oxygen atoms in total. The number of rotatable bonds is 6. The normalized spacial score (nSPS) is 19.0. The number of morpholine rings is 1. The molecule has 2 aliphatic heterocycles. The maximum atomic E-state index is 12.6. The van der Waals surface area contributed by atoms with E-state index in [2.05, 4.69) is 20.7 Å². The Bertz CT molecular complexity index is 930. The Balaban J connectivity index is 1.66. The van der Waals surface area contributed by atoms with E-state index in [1.165, 1.54) is 14.0 Å². The molecule has 1 atom stereocenters. The molecule has 31 heavy (non-hydrogen) atoms. The first-order valence-electron chi connectivity index (χ1n) is 9.44. The van der Waals surface area contributed by atoms with Gasteiger partial charge < -0.3 is 19.1 Å². The van der Waals surface area contributed by atoms with Crippen LogP contribution in [0.15, 0.2) is 27.6 Å². The van der Waals surface area contributed by atoms with Crippen LogP contribution < -0.4 is 4.74 Å². The number of ether oxygens (including phenoxy) is 3. The maximum absolute atomic E-state index is 12.6. The highest BCUT2D eigenvalue weighted by molar-refractivity contribution is 9.10. The van der Waals surface area contributed by atoms with Gasteiger partial charge in [0.15, 0.2) is 6.61 Å². The molecule has 0 N–H and O–H groups in total. The molecule has 11 heteroatoms. The fourth-order valence-corrected chi connectivity index (χ4v) is 4.43. The molecule has 0 aromatic heterocycles. The Kier molecular flexibility index (Phi) is 7.74. The highest BCUT2D eigenvalue weighted by Gasteiger charge is 2.41. The Morgan fingerprint density at radius 2 is 2.00 bits per heavy atom. The van der Waals surface area contributed by atoms with Gasteiger partial charge in [0, 0.05) is 13.1 Å². The lowest BCUT2D eigenvalue weighted by Crippen LogP contribution is -2.43. The predicted molar refractivity (Wildman–Crippen MR) is 116 cm³/mol. The van der Waals surface area contributed by atoms with Crippen LogP contribution in [0.5, 0.6) is 5.75 Å². The quantitative estimate of drug-likeness (QED) is 0.422. The molecule has 0 unspecified atom stereocenters. The Labute approximate surface area is 191 Å². The van der Waals surface area contributed by atoms with Crippen molar-refractivity contribution in [2.24, 2.45) is 0 Å². The van der Waals surface area contributed by atoms with Crippen molar-refractivity contribution in [2.45, 2.75) is 13.0 Å². The van der Waals surface area contributed by atoms with Gasteiger partial charge in [-0.15, -0.1) is 0 Å². The average molecular weight is 513 g/mol. The summed E-state index contributed by atoms with van der Waals surface area (Å²) in [7, 11) is 1.20. The van der Waals surface area contributed by atoms with Crippen molar-refractivity contribution in [1.82, 2.24) is 9.80 Å². The van der Waals surface area contributed by atoms with Gasteiger partial charge >= 0.3 is 5.97 Å². The van der Waals surface area contributed by atoms with Crippen molar-refractivity contribution in [3.8, 4) is 5.75 Å². The van der Waals surface area contributed by atoms with Gasteiger partial charge in [0.1, 0.15) is 11.8 Å². The first-order chi connectivity index (χ1) is 14.8. The van der Waals surface area contributed by atoms with Gasteiger partial charge in [0.25, 0.3) is 17.1 Å². The van der Waals surface area contributed by atoms with E-state index in [4.69, 9.17) is 9.47 Å². The number of thioether (sulfide) groups is 1. The van der Waals surface area contributed by atoms with E-state index >= 15 is 0 Å². The van der Waals surface area contributed by atoms with E-state index in [0.717, 1.165) is 16.7 Å². The number of amides is 3. The summed E-state index contributed by atoms with van der Waals surface area (Å²) in [5, 5.41) is -0.533. The molecule has 1 aromatic rings. The zero-order chi connectivity index (χ0) is 22.5. The van der Waals surface area contributed by atoms with Crippen LogP contribution >= 0.6 is 27.7 Å². The van der Waals surface area contributed by atoms with Crippen LogP contribution in [0.4, 0.5) is 4.79 Å². The molecular formula is C20H21BrN2O7S. The van der Waals surface area contributed by atoms with Crippen LogP contribution in [-0.2, 0) is 23.9 Å². The van der Waals surface area contributed by atoms with Gasteiger partial charge in [-0.25, -0.2) is 4.79 Å². The molecule has 0 spiro atoms. The van der Waals surface area contributed by atoms with Gasteiger partial charge in [-0.2, -0.15) is 0 Å². The number of methoxy groups -OCH3 is 1. The maximum Gasteiger partial charge on any atom is 0.328 e. The van der Waals surface area contributed by atoms with E-state index in [1.54, 1.807) is 29.2 Å². The smallest absolute Gasteiger partial charge is 0.328 e. The van der Waals surface area contributed by atoms with E-state index in [-0.39, 0.29) is 17.4 Å². The second kappa shape index (κ2) is 10.3. The van der Waals surface area contributed by atoms with Crippen LogP contribution in [-0.4, -0.2) is 78.9 Å². The molecule has 1 aromatic carbocycles. The van der Waals surface area contributed by atoms with Crippen molar-refractivity contribution in [1.29, 1.82) is 0 Å². The SMILES string of the molecule is COC(=O)[C@H](C)N1C(=O)S/C(=C/c2ccc(OCC(=O)N3CCOCC3)c(Br)c2)C1=O. The van der Waals surface area contributed by atoms with Crippen LogP contribution in [0.3, 0.4) is 0 Å². The van der Waals surface area contributed by atoms with Crippen LogP contribution in [0.2, 0.25) is 0 Å². The number of carbonyl (C=O) groups is 4. The molecule has 0 aliphatic carbocycles. The Morgan fingerprint density at radius 3 is 2.65 bits per heavy atom. The summed E-state index contributed by atoms with van der Waals surface area (Å²) in [5.74, 6) is -0.862. The van der Waals surface area contributed by atoms with Crippen molar-refractivity contribution in [3.63, 3.8) is 0 Å². The van der Waals surface area contributed by atoms with E-state index < -0.39 is 23.2 Å². The number of hydrogen-bond donors (Lipinski definition) is 0. The second-order valence-corrected chi connectivity index (χ2v) is 8.57. The van der Waals surface area contributed by atoms with Crippen LogP contribution in [0.25, 0.3) is 6.08 Å². The number of imide groups is 1. The predicted octanol–water partition coefficient (Wildman–Crippen LogP) is 2.28. The van der Waals surface area contributed by atoms with Gasteiger partial charge in [0.2, 0.25) is 0 Å². The zero-order valence-electron chi connectivity index (χ0n) is 17.0. The van der Waals surface area contributed by atoms with Crippen LogP contribution in [0.1, 0.15) is 12.5 Å². The summed E-state index contributed by atoms with van der Waals surface area (Å²) in [6.07, 6.45) is 1.56. The minimum absolute atomic E-state index is 0.0950. The molecule has 0 bridgehead atoms. The minimum Gasteiger partial charge on any atom is -0.483 e. The lowest BCUT2D eigenvalue weighted by Gasteiger charge is -2.26. The van der Waals surface area contributed by atoms with Gasteiger partial charge in [0.05, 0.1) is 29.7 Å². The highest BCUT2D eigenvalue weighted by atomic mass is 79.9. The third kappa shape index (κ3) is 5.46. The number of hydrogen-bond acceptors (Lipinski definition) is 8. The number of benzene rings is 1. The average Bonchev–Trinajstić information content (AvgIpc) is 3.05. The molecule has 166 valence electrons. The second-order valence-electron chi connectivity index (χ2n) is 6.72. The summed E-state index contributed by atoms with van der Waals surface area (Å²) in [6.45, 7) is 3.48. The van der Waals surface area contributed by atoms with Crippen molar-refractivity contribution in [2.75, 3.05) is 40.0 Å². The van der Waals surface area contributed by atoms with E-state index in [9.17, 15) is 19.2 Å². The standard InChI is InChI=1S/C20H21BrN2O7S/c1-12(19(26)28-2)23-18(25)16(31-20(23)27)10-13-3-4-15(14(21)9-13)30-11-17(24)22-5-7-29-8-6-22/h3-4,9-10,12H,5-8,11H2,1-2H3/b16-10+/t12-/m0/s1. The summed E-state index contributed by atoms with van der Waals surface area (Å²) in [5.41, 5.74) is 0.648. The summed E-state index contributed by atoms with van der Waals surface area (Å²) < 4.78 is 16.1. The van der Waals surface area contributed by atoms with Crippen LogP contribution in [0, 0.1) is 0 Å². The van der Waals surface area contributed by atoms with E-state index in [1.807, 2.05) is 0 Å². The number of esters is 1.